The van der Waals surface area contributed by atoms with Crippen LogP contribution in [0.5, 0.6) is 0 Å². The summed E-state index contributed by atoms with van der Waals surface area (Å²) >= 11 is 0. The summed E-state index contributed by atoms with van der Waals surface area (Å²) < 4.78 is 0. The van der Waals surface area contributed by atoms with E-state index in [0.717, 1.165) is 29.2 Å². The van der Waals surface area contributed by atoms with E-state index in [4.69, 9.17) is 4.98 Å². The number of benzene rings is 1. The van der Waals surface area contributed by atoms with Crippen LogP contribution in [0, 0.1) is 6.92 Å². The van der Waals surface area contributed by atoms with Crippen LogP contribution in [0.15, 0.2) is 29.5 Å². The van der Waals surface area contributed by atoms with Gasteiger partial charge in [-0.05, 0) is 49.9 Å². The van der Waals surface area contributed by atoms with Crippen LogP contribution < -0.4 is 25.9 Å². The number of hydrogen-bond donors (Lipinski definition) is 3. The molecule has 3 heterocycles. The second kappa shape index (κ2) is 8.29. The largest absolute Gasteiger partial charge is 0.355 e. The van der Waals surface area contributed by atoms with Gasteiger partial charge >= 0.3 is 0 Å². The first-order valence-electron chi connectivity index (χ1n) is 11.4. The molecule has 0 saturated heterocycles. The van der Waals surface area contributed by atoms with E-state index in [9.17, 15) is 4.79 Å². The molecule has 2 aliphatic heterocycles. The van der Waals surface area contributed by atoms with Crippen molar-refractivity contribution in [1.29, 1.82) is 0 Å². The van der Waals surface area contributed by atoms with Crippen molar-refractivity contribution >= 4 is 35.4 Å². The molecule has 1 aromatic heterocycles. The van der Waals surface area contributed by atoms with Crippen molar-refractivity contribution in [3.8, 4) is 0 Å². The number of carbonyl (C=O) groups is 1. The highest BCUT2D eigenvalue weighted by molar-refractivity contribution is 5.94. The van der Waals surface area contributed by atoms with Crippen molar-refractivity contribution in [3.63, 3.8) is 0 Å². The summed E-state index contributed by atoms with van der Waals surface area (Å²) in [6.07, 6.45) is 9.74. The molecule has 0 radical (unpaired) electrons. The number of aromatic nitrogens is 2. The number of hydrazone groups is 1. The van der Waals surface area contributed by atoms with Crippen molar-refractivity contribution in [2.75, 3.05) is 22.2 Å². The Hall–Kier alpha value is -3.36. The molecule has 168 valence electrons. The maximum Gasteiger partial charge on any atom is 0.251 e. The third-order valence-electron chi connectivity index (χ3n) is 6.78. The molecular weight excluding hydrogens is 404 g/mol. The Bertz CT molecular complexity index is 1050. The van der Waals surface area contributed by atoms with Gasteiger partial charge in [-0.15, -0.1) is 0 Å². The number of nitrogens with one attached hydrogen (secondary N) is 3. The molecule has 5 rings (SSSR count). The summed E-state index contributed by atoms with van der Waals surface area (Å²) in [6, 6.07) is 6.35. The monoisotopic (exact) mass is 434 g/mol. The number of nitrogens with zero attached hydrogens (tertiary/aromatic N) is 5. The van der Waals surface area contributed by atoms with Gasteiger partial charge in [-0.1, -0.05) is 19.8 Å². The maximum atomic E-state index is 11.9. The molecule has 1 aliphatic carbocycles. The first-order chi connectivity index (χ1) is 15.6. The summed E-state index contributed by atoms with van der Waals surface area (Å²) in [6.45, 7) is 4.20. The molecule has 9 nitrogen and oxygen atoms in total. The minimum atomic E-state index is -0.0991. The zero-order chi connectivity index (χ0) is 22.2. The van der Waals surface area contributed by atoms with Gasteiger partial charge in [0.15, 0.2) is 5.82 Å². The minimum absolute atomic E-state index is 0.0991. The molecule has 0 spiro atoms. The lowest BCUT2D eigenvalue weighted by atomic mass is 10.0. The lowest BCUT2D eigenvalue weighted by molar-refractivity contribution is 0.0963. The van der Waals surface area contributed by atoms with Gasteiger partial charge in [0.05, 0.1) is 12.2 Å². The van der Waals surface area contributed by atoms with E-state index in [1.807, 2.05) is 37.7 Å². The van der Waals surface area contributed by atoms with E-state index in [-0.39, 0.29) is 18.1 Å². The van der Waals surface area contributed by atoms with Gasteiger partial charge in [-0.25, -0.2) is 4.98 Å². The molecule has 1 amide bonds. The molecule has 9 heteroatoms. The van der Waals surface area contributed by atoms with Crippen LogP contribution >= 0.6 is 0 Å². The van der Waals surface area contributed by atoms with Crippen molar-refractivity contribution in [1.82, 2.24) is 20.7 Å². The number of carbonyl (C=O) groups excluding carboxylic acids is 1. The molecule has 3 aliphatic rings. The third kappa shape index (κ3) is 3.41. The highest BCUT2D eigenvalue weighted by Gasteiger charge is 2.44. The van der Waals surface area contributed by atoms with Gasteiger partial charge in [0.2, 0.25) is 5.95 Å². The molecular formula is C23H30N8O. The Labute approximate surface area is 188 Å². The summed E-state index contributed by atoms with van der Waals surface area (Å²) in [5.41, 5.74) is 6.75. The molecule has 2 aromatic rings. The van der Waals surface area contributed by atoms with Crippen LogP contribution in [0.25, 0.3) is 0 Å². The van der Waals surface area contributed by atoms with Crippen LogP contribution in [0.4, 0.5) is 23.1 Å². The average molecular weight is 435 g/mol. The zero-order valence-electron chi connectivity index (χ0n) is 18.8. The van der Waals surface area contributed by atoms with E-state index in [1.165, 1.54) is 25.7 Å². The second-order valence-corrected chi connectivity index (χ2v) is 8.68. The van der Waals surface area contributed by atoms with Gasteiger partial charge in [0, 0.05) is 24.3 Å². The number of aryl methyl sites for hydroxylation is 1. The maximum absolute atomic E-state index is 11.9. The summed E-state index contributed by atoms with van der Waals surface area (Å²) in [7, 11) is 1.63. The Kier molecular flexibility index (Phi) is 5.32. The van der Waals surface area contributed by atoms with Gasteiger partial charge in [0.1, 0.15) is 18.2 Å². The fourth-order valence-electron chi connectivity index (χ4n) is 5.15. The normalized spacial score (nSPS) is 21.8. The minimum Gasteiger partial charge on any atom is -0.355 e. The van der Waals surface area contributed by atoms with Gasteiger partial charge in [-0.3, -0.25) is 10.2 Å². The van der Waals surface area contributed by atoms with E-state index in [0.29, 0.717) is 17.6 Å². The molecule has 2 atom stereocenters. The van der Waals surface area contributed by atoms with Crippen molar-refractivity contribution in [3.05, 3.63) is 35.5 Å². The Morgan fingerprint density at radius 2 is 2.09 bits per heavy atom. The van der Waals surface area contributed by atoms with E-state index in [1.54, 1.807) is 7.05 Å². The molecule has 0 bridgehead atoms. The molecule has 32 heavy (non-hydrogen) atoms. The fraction of sp³-hybridized carbons (Fsp3) is 0.478. The van der Waals surface area contributed by atoms with Crippen LogP contribution in [0.2, 0.25) is 0 Å². The Balaban J connectivity index is 1.50. The van der Waals surface area contributed by atoms with Gasteiger partial charge in [-0.2, -0.15) is 10.1 Å². The smallest absolute Gasteiger partial charge is 0.251 e. The predicted molar refractivity (Wildman–Crippen MR) is 127 cm³/mol. The molecule has 1 saturated carbocycles. The fourth-order valence-corrected chi connectivity index (χ4v) is 5.15. The van der Waals surface area contributed by atoms with Crippen molar-refractivity contribution in [2.24, 2.45) is 5.10 Å². The molecule has 1 aromatic carbocycles. The van der Waals surface area contributed by atoms with Gasteiger partial charge < -0.3 is 20.4 Å². The number of rotatable bonds is 5. The quantitative estimate of drug-likeness (QED) is 0.665. The van der Waals surface area contributed by atoms with Crippen LogP contribution in [-0.2, 0) is 0 Å². The van der Waals surface area contributed by atoms with E-state index in [2.05, 4.69) is 42.9 Å². The lowest BCUT2D eigenvalue weighted by Crippen LogP contribution is -2.60. The molecule has 1 fully saturated rings. The third-order valence-corrected chi connectivity index (χ3v) is 6.78. The summed E-state index contributed by atoms with van der Waals surface area (Å²) in [5, 5.41) is 10.4. The van der Waals surface area contributed by atoms with Crippen LogP contribution in [-0.4, -0.2) is 47.5 Å². The number of hydrogen-bond acceptors (Lipinski definition) is 8. The average Bonchev–Trinajstić information content (AvgIpc) is 3.51. The topological polar surface area (TPSA) is 97.8 Å². The van der Waals surface area contributed by atoms with Crippen molar-refractivity contribution < 1.29 is 4.79 Å². The standard InChI is InChI=1S/C23H30N8O/c1-4-18-21-29-26-13-30(21)19-12-25-23(28-20(19)31(18)16-7-5-6-8-16)27-17-10-9-15(11-14(17)2)22(32)24-3/h9-13,16,18,21,29H,4-8H2,1-3H3,(H,24,32)(H,25,27,28)/t18-,21?/m1/s1. The lowest BCUT2D eigenvalue weighted by Gasteiger charge is -2.47. The predicted octanol–water partition coefficient (Wildman–Crippen LogP) is 3.11. The first-order valence-corrected chi connectivity index (χ1v) is 11.4. The van der Waals surface area contributed by atoms with Crippen LogP contribution in [0.1, 0.15) is 54.9 Å². The Morgan fingerprint density at radius 1 is 1.28 bits per heavy atom. The number of amides is 1. The molecule has 3 N–H and O–H groups in total. The second-order valence-electron chi connectivity index (χ2n) is 8.68. The first kappa shape index (κ1) is 20.5. The number of anilines is 4. The molecule has 1 unspecified atom stereocenters. The van der Waals surface area contributed by atoms with Crippen LogP contribution in [0.3, 0.4) is 0 Å². The van der Waals surface area contributed by atoms with E-state index >= 15 is 0 Å². The Morgan fingerprint density at radius 3 is 2.81 bits per heavy atom. The van der Waals surface area contributed by atoms with Gasteiger partial charge in [0.25, 0.3) is 5.91 Å². The SMILES string of the molecule is CC[C@@H]1C2NN=CN2c2cnc(Nc3ccc(C(=O)NC)cc3C)nc2N1C1CCCC1. The highest BCUT2D eigenvalue weighted by Crippen LogP contribution is 2.42. The van der Waals surface area contributed by atoms with E-state index < -0.39 is 0 Å². The highest BCUT2D eigenvalue weighted by atomic mass is 16.1. The zero-order valence-corrected chi connectivity index (χ0v) is 18.8. The number of fused-ring (bicyclic) bond motifs is 3. The summed E-state index contributed by atoms with van der Waals surface area (Å²) in [5.74, 6) is 1.42. The van der Waals surface area contributed by atoms with Crippen molar-refractivity contribution in [2.45, 2.75) is 64.2 Å². The summed E-state index contributed by atoms with van der Waals surface area (Å²) in [4.78, 5) is 26.2.